The minimum absolute atomic E-state index is 0.0152. The zero-order valence-corrected chi connectivity index (χ0v) is 11.3. The lowest BCUT2D eigenvalue weighted by Crippen LogP contribution is -2.15. The van der Waals surface area contributed by atoms with Crippen LogP contribution in [0.4, 0.5) is 4.39 Å². The number of carboxylic acid groups (broad SMARTS) is 1. The first-order chi connectivity index (χ1) is 10.2. The first kappa shape index (κ1) is 13.6. The fourth-order valence-corrected chi connectivity index (χ4v) is 2.61. The summed E-state index contributed by atoms with van der Waals surface area (Å²) >= 11 is 0. The van der Waals surface area contributed by atoms with Gasteiger partial charge in [0, 0.05) is 0 Å². The van der Waals surface area contributed by atoms with Crippen LogP contribution in [0.25, 0.3) is 5.69 Å². The molecule has 110 valence electrons. The molecule has 1 saturated carbocycles. The first-order valence-electron chi connectivity index (χ1n) is 6.89. The average molecular weight is 290 g/mol. The Morgan fingerprint density at radius 3 is 2.71 bits per heavy atom. The van der Waals surface area contributed by atoms with Crippen molar-refractivity contribution in [3.63, 3.8) is 0 Å². The van der Waals surface area contributed by atoms with Crippen molar-refractivity contribution >= 4 is 5.97 Å². The molecule has 0 amide bonds. The summed E-state index contributed by atoms with van der Waals surface area (Å²) in [7, 11) is 0. The number of nitrogens with zero attached hydrogens (tertiary/aromatic N) is 2. The number of ether oxygens (including phenoxy) is 1. The highest BCUT2D eigenvalue weighted by Crippen LogP contribution is 2.28. The molecule has 1 N–H and O–H groups in total. The van der Waals surface area contributed by atoms with Gasteiger partial charge in [-0.25, -0.2) is 13.9 Å². The Kier molecular flexibility index (Phi) is 3.60. The molecular weight excluding hydrogens is 275 g/mol. The lowest BCUT2D eigenvalue weighted by Gasteiger charge is -2.12. The molecule has 6 heteroatoms. The van der Waals surface area contributed by atoms with E-state index in [-0.39, 0.29) is 23.2 Å². The van der Waals surface area contributed by atoms with Crippen LogP contribution in [-0.2, 0) is 0 Å². The van der Waals surface area contributed by atoms with Gasteiger partial charge in [-0.2, -0.15) is 5.10 Å². The zero-order chi connectivity index (χ0) is 14.8. The maximum Gasteiger partial charge on any atom is 0.358 e. The van der Waals surface area contributed by atoms with Gasteiger partial charge in [0.05, 0.1) is 12.3 Å². The summed E-state index contributed by atoms with van der Waals surface area (Å²) in [5.41, 5.74) is -0.0526. The van der Waals surface area contributed by atoms with E-state index < -0.39 is 11.8 Å². The van der Waals surface area contributed by atoms with E-state index >= 15 is 0 Å². The summed E-state index contributed by atoms with van der Waals surface area (Å²) < 4.78 is 20.6. The molecule has 1 fully saturated rings. The van der Waals surface area contributed by atoms with Gasteiger partial charge in [0.25, 0.3) is 0 Å². The second-order valence-electron chi connectivity index (χ2n) is 5.05. The molecule has 0 radical (unpaired) electrons. The third-order valence-corrected chi connectivity index (χ3v) is 3.61. The van der Waals surface area contributed by atoms with Crippen molar-refractivity contribution in [3.8, 4) is 11.4 Å². The summed E-state index contributed by atoms with van der Waals surface area (Å²) in [6, 6.07) is 5.91. The fourth-order valence-electron chi connectivity index (χ4n) is 2.61. The number of carbonyl (C=O) groups is 1. The van der Waals surface area contributed by atoms with E-state index in [1.807, 2.05) is 0 Å². The van der Waals surface area contributed by atoms with Gasteiger partial charge in [-0.1, -0.05) is 12.1 Å². The van der Waals surface area contributed by atoms with E-state index in [2.05, 4.69) is 5.10 Å². The van der Waals surface area contributed by atoms with Crippen molar-refractivity contribution < 1.29 is 19.0 Å². The highest BCUT2D eigenvalue weighted by atomic mass is 19.1. The molecule has 1 aromatic carbocycles. The molecule has 1 aliphatic carbocycles. The highest BCUT2D eigenvalue weighted by Gasteiger charge is 2.25. The number of benzene rings is 1. The van der Waals surface area contributed by atoms with E-state index in [4.69, 9.17) is 4.74 Å². The number of halogens is 1. The summed E-state index contributed by atoms with van der Waals surface area (Å²) in [5, 5.41) is 13.4. The quantitative estimate of drug-likeness (QED) is 0.940. The van der Waals surface area contributed by atoms with E-state index in [1.54, 1.807) is 12.1 Å². The number of carboxylic acids is 1. The molecule has 0 unspecified atom stereocenters. The van der Waals surface area contributed by atoms with Crippen molar-refractivity contribution in [2.75, 3.05) is 0 Å². The van der Waals surface area contributed by atoms with Gasteiger partial charge in [-0.3, -0.25) is 0 Å². The minimum atomic E-state index is -1.19. The Balaban J connectivity index is 2.00. The summed E-state index contributed by atoms with van der Waals surface area (Å²) in [6.07, 6.45) is 5.33. The van der Waals surface area contributed by atoms with Crippen LogP contribution in [0.2, 0.25) is 0 Å². The van der Waals surface area contributed by atoms with Gasteiger partial charge < -0.3 is 9.84 Å². The van der Waals surface area contributed by atoms with Gasteiger partial charge in [0.15, 0.2) is 11.4 Å². The van der Waals surface area contributed by atoms with Crippen LogP contribution in [-0.4, -0.2) is 27.0 Å². The number of rotatable bonds is 4. The summed E-state index contributed by atoms with van der Waals surface area (Å²) in [4.78, 5) is 11.5. The topological polar surface area (TPSA) is 64.3 Å². The Labute approximate surface area is 121 Å². The van der Waals surface area contributed by atoms with Gasteiger partial charge >= 0.3 is 5.97 Å². The zero-order valence-electron chi connectivity index (χ0n) is 11.3. The third-order valence-electron chi connectivity index (χ3n) is 3.61. The Morgan fingerprint density at radius 2 is 2.05 bits per heavy atom. The average Bonchev–Trinajstić information content (AvgIpc) is 3.09. The molecule has 0 saturated heterocycles. The van der Waals surface area contributed by atoms with Crippen LogP contribution in [0, 0.1) is 5.82 Å². The maximum atomic E-state index is 13.8. The second kappa shape index (κ2) is 5.55. The lowest BCUT2D eigenvalue weighted by molar-refractivity contribution is 0.0679. The molecule has 5 nitrogen and oxygen atoms in total. The lowest BCUT2D eigenvalue weighted by atomic mass is 10.3. The molecular formula is C15H15FN2O3. The third kappa shape index (κ3) is 2.61. The molecule has 1 aromatic heterocycles. The number of aromatic carboxylic acids is 1. The standard InChI is InChI=1S/C15H15FN2O3/c16-11-7-3-4-8-12(11)18-14(15(19)20)13(9-17-18)21-10-5-1-2-6-10/h3-4,7-10H,1-2,5-6H2,(H,19,20). The van der Waals surface area contributed by atoms with Crippen molar-refractivity contribution in [3.05, 3.63) is 42.0 Å². The van der Waals surface area contributed by atoms with Gasteiger partial charge in [0.1, 0.15) is 11.5 Å². The highest BCUT2D eigenvalue weighted by molar-refractivity contribution is 5.89. The number of para-hydroxylation sites is 1. The van der Waals surface area contributed by atoms with E-state index in [0.717, 1.165) is 30.4 Å². The maximum absolute atomic E-state index is 13.8. The van der Waals surface area contributed by atoms with Crippen LogP contribution in [0.5, 0.6) is 5.75 Å². The molecule has 0 aliphatic heterocycles. The molecule has 0 atom stereocenters. The Bertz CT molecular complexity index is 663. The first-order valence-corrected chi connectivity index (χ1v) is 6.89. The fraction of sp³-hybridized carbons (Fsp3) is 0.333. The molecule has 3 rings (SSSR count). The van der Waals surface area contributed by atoms with Crippen molar-refractivity contribution in [2.24, 2.45) is 0 Å². The molecule has 0 bridgehead atoms. The normalized spacial score (nSPS) is 15.3. The number of hydrogen-bond donors (Lipinski definition) is 1. The largest absolute Gasteiger partial charge is 0.486 e. The van der Waals surface area contributed by atoms with Crippen LogP contribution in [0.3, 0.4) is 0 Å². The van der Waals surface area contributed by atoms with E-state index in [9.17, 15) is 14.3 Å². The summed E-state index contributed by atoms with van der Waals surface area (Å²) in [5.74, 6) is -1.53. The van der Waals surface area contributed by atoms with Crippen molar-refractivity contribution in [1.82, 2.24) is 9.78 Å². The van der Waals surface area contributed by atoms with Crippen LogP contribution in [0.15, 0.2) is 30.5 Å². The van der Waals surface area contributed by atoms with Crippen LogP contribution >= 0.6 is 0 Å². The van der Waals surface area contributed by atoms with Crippen LogP contribution in [0.1, 0.15) is 36.2 Å². The predicted molar refractivity (Wildman–Crippen MR) is 73.4 cm³/mol. The van der Waals surface area contributed by atoms with Gasteiger partial charge in [-0.15, -0.1) is 0 Å². The molecule has 21 heavy (non-hydrogen) atoms. The Hall–Kier alpha value is -2.37. The molecule has 2 aromatic rings. The van der Waals surface area contributed by atoms with Gasteiger partial charge in [0.2, 0.25) is 0 Å². The van der Waals surface area contributed by atoms with E-state index in [0.29, 0.717) is 0 Å². The second-order valence-corrected chi connectivity index (χ2v) is 5.05. The van der Waals surface area contributed by atoms with Gasteiger partial charge in [-0.05, 0) is 37.8 Å². The van der Waals surface area contributed by atoms with Crippen molar-refractivity contribution in [1.29, 1.82) is 0 Å². The van der Waals surface area contributed by atoms with E-state index in [1.165, 1.54) is 18.3 Å². The summed E-state index contributed by atoms with van der Waals surface area (Å²) in [6.45, 7) is 0. The number of hydrogen-bond acceptors (Lipinski definition) is 3. The molecule has 1 heterocycles. The predicted octanol–water partition coefficient (Wildman–Crippen LogP) is 3.03. The SMILES string of the molecule is O=C(O)c1c(OC2CCCC2)cnn1-c1ccccc1F. The minimum Gasteiger partial charge on any atom is -0.486 e. The monoisotopic (exact) mass is 290 g/mol. The molecule has 1 aliphatic rings. The Morgan fingerprint density at radius 1 is 1.33 bits per heavy atom. The number of aromatic nitrogens is 2. The van der Waals surface area contributed by atoms with Crippen LogP contribution < -0.4 is 4.74 Å². The molecule has 0 spiro atoms. The van der Waals surface area contributed by atoms with Crippen molar-refractivity contribution in [2.45, 2.75) is 31.8 Å². The smallest absolute Gasteiger partial charge is 0.358 e.